The van der Waals surface area contributed by atoms with Crippen LogP contribution in [0.4, 0.5) is 11.4 Å². The summed E-state index contributed by atoms with van der Waals surface area (Å²) in [5.41, 5.74) is 3.52. The molecule has 1 saturated carbocycles. The van der Waals surface area contributed by atoms with Gasteiger partial charge in [0.15, 0.2) is 6.61 Å². The number of aliphatic hydroxyl groups excluding tert-OH is 1. The van der Waals surface area contributed by atoms with Gasteiger partial charge in [0.2, 0.25) is 0 Å². The van der Waals surface area contributed by atoms with Crippen molar-refractivity contribution < 1.29 is 29.0 Å². The van der Waals surface area contributed by atoms with E-state index in [0.29, 0.717) is 46.9 Å². The molecule has 1 aliphatic heterocycles. The Morgan fingerprint density at radius 2 is 1.53 bits per heavy atom. The molecule has 0 radical (unpaired) electrons. The number of aliphatic hydroxyl groups is 1. The average molecular weight is 585 g/mol. The summed E-state index contributed by atoms with van der Waals surface area (Å²) in [6.07, 6.45) is 5.42. The summed E-state index contributed by atoms with van der Waals surface area (Å²) in [6, 6.07) is 19.1. The Kier molecular flexibility index (Phi) is 9.68. The SMILES string of the molecule is O=C1COc2cc(C(=O)N(Cc3ccc(C(=O)Nc4ccc(C(=O)NCCCCCCO)cc4)cc3)C3CC3)ccc2N1. The monoisotopic (exact) mass is 584 g/mol. The molecule has 2 aliphatic rings. The Labute approximate surface area is 250 Å². The second kappa shape index (κ2) is 14.0. The first-order valence-corrected chi connectivity index (χ1v) is 14.7. The van der Waals surface area contributed by atoms with Crippen LogP contribution in [0.25, 0.3) is 0 Å². The number of carbonyl (C=O) groups excluding carboxylic acids is 4. The van der Waals surface area contributed by atoms with Gasteiger partial charge in [0, 0.05) is 48.1 Å². The van der Waals surface area contributed by atoms with Gasteiger partial charge in [-0.15, -0.1) is 0 Å². The van der Waals surface area contributed by atoms with Crippen molar-refractivity contribution in [3.05, 3.63) is 89.0 Å². The summed E-state index contributed by atoms with van der Waals surface area (Å²) < 4.78 is 5.48. The minimum absolute atomic E-state index is 0.0762. The van der Waals surface area contributed by atoms with E-state index >= 15 is 0 Å². The number of nitrogens with one attached hydrogen (secondary N) is 3. The lowest BCUT2D eigenvalue weighted by Crippen LogP contribution is -2.33. The van der Waals surface area contributed by atoms with E-state index in [-0.39, 0.29) is 42.9 Å². The molecule has 43 heavy (non-hydrogen) atoms. The quantitative estimate of drug-likeness (QED) is 0.221. The molecule has 0 aromatic heterocycles. The Morgan fingerprint density at radius 1 is 0.860 bits per heavy atom. The van der Waals surface area contributed by atoms with Crippen LogP contribution in [-0.2, 0) is 11.3 Å². The molecule has 0 unspecified atom stereocenters. The number of carbonyl (C=O) groups is 4. The molecule has 0 spiro atoms. The van der Waals surface area contributed by atoms with Crippen LogP contribution in [0.3, 0.4) is 0 Å². The third-order valence-corrected chi connectivity index (χ3v) is 7.45. The molecule has 0 atom stereocenters. The van der Waals surface area contributed by atoms with Crippen LogP contribution in [0.1, 0.15) is 75.2 Å². The lowest BCUT2D eigenvalue weighted by Gasteiger charge is -2.24. The van der Waals surface area contributed by atoms with Gasteiger partial charge in [0.05, 0.1) is 5.69 Å². The fourth-order valence-electron chi connectivity index (χ4n) is 4.89. The molecule has 1 aliphatic carbocycles. The van der Waals surface area contributed by atoms with Crippen LogP contribution in [-0.4, -0.2) is 59.4 Å². The summed E-state index contributed by atoms with van der Waals surface area (Å²) in [6.45, 7) is 1.11. The molecule has 1 heterocycles. The Bertz CT molecular complexity index is 1470. The van der Waals surface area contributed by atoms with E-state index in [9.17, 15) is 19.2 Å². The van der Waals surface area contributed by atoms with Crippen molar-refractivity contribution in [1.82, 2.24) is 10.2 Å². The highest BCUT2D eigenvalue weighted by Gasteiger charge is 2.33. The van der Waals surface area contributed by atoms with Crippen molar-refractivity contribution in [3.63, 3.8) is 0 Å². The van der Waals surface area contributed by atoms with E-state index in [1.165, 1.54) is 0 Å². The van der Waals surface area contributed by atoms with Crippen molar-refractivity contribution >= 4 is 35.0 Å². The third kappa shape index (κ3) is 7.98. The van der Waals surface area contributed by atoms with E-state index < -0.39 is 0 Å². The number of ether oxygens (including phenoxy) is 1. The summed E-state index contributed by atoms with van der Waals surface area (Å²) in [4.78, 5) is 52.0. The maximum absolute atomic E-state index is 13.4. The summed E-state index contributed by atoms with van der Waals surface area (Å²) in [7, 11) is 0. The third-order valence-electron chi connectivity index (χ3n) is 7.45. The number of amides is 4. The van der Waals surface area contributed by atoms with Gasteiger partial charge in [-0.05, 0) is 85.8 Å². The maximum atomic E-state index is 13.4. The number of nitrogens with zero attached hydrogens (tertiary/aromatic N) is 1. The highest BCUT2D eigenvalue weighted by molar-refractivity contribution is 6.04. The van der Waals surface area contributed by atoms with Crippen molar-refractivity contribution in [2.24, 2.45) is 0 Å². The van der Waals surface area contributed by atoms with Crippen LogP contribution in [0.2, 0.25) is 0 Å². The van der Waals surface area contributed by atoms with Gasteiger partial charge < -0.3 is 30.7 Å². The molecular formula is C33H36N4O6. The van der Waals surface area contributed by atoms with E-state index in [1.807, 2.05) is 17.0 Å². The lowest BCUT2D eigenvalue weighted by atomic mass is 10.1. The first-order chi connectivity index (χ1) is 20.9. The number of benzene rings is 3. The minimum atomic E-state index is -0.275. The van der Waals surface area contributed by atoms with Gasteiger partial charge >= 0.3 is 0 Å². The maximum Gasteiger partial charge on any atom is 0.262 e. The van der Waals surface area contributed by atoms with Gasteiger partial charge in [-0.2, -0.15) is 0 Å². The van der Waals surface area contributed by atoms with Gasteiger partial charge in [-0.25, -0.2) is 0 Å². The van der Waals surface area contributed by atoms with Gasteiger partial charge in [-0.1, -0.05) is 25.0 Å². The number of unbranched alkanes of at least 4 members (excludes halogenated alkanes) is 3. The van der Waals surface area contributed by atoms with Crippen LogP contribution >= 0.6 is 0 Å². The molecular weight excluding hydrogens is 548 g/mol. The fourth-order valence-corrected chi connectivity index (χ4v) is 4.89. The van der Waals surface area contributed by atoms with E-state index in [4.69, 9.17) is 9.84 Å². The van der Waals surface area contributed by atoms with Crippen LogP contribution < -0.4 is 20.7 Å². The molecule has 1 fully saturated rings. The smallest absolute Gasteiger partial charge is 0.262 e. The van der Waals surface area contributed by atoms with Crippen LogP contribution in [0.15, 0.2) is 66.7 Å². The molecule has 5 rings (SSSR count). The molecule has 3 aromatic rings. The number of anilines is 2. The van der Waals surface area contributed by atoms with Gasteiger partial charge in [0.25, 0.3) is 23.6 Å². The highest BCUT2D eigenvalue weighted by atomic mass is 16.5. The van der Waals surface area contributed by atoms with Crippen LogP contribution in [0, 0.1) is 0 Å². The van der Waals surface area contributed by atoms with Crippen molar-refractivity contribution in [3.8, 4) is 5.75 Å². The number of hydrogen-bond acceptors (Lipinski definition) is 6. The predicted molar refractivity (Wildman–Crippen MR) is 162 cm³/mol. The molecule has 0 saturated heterocycles. The number of fused-ring (bicyclic) bond motifs is 1. The molecule has 4 amide bonds. The summed E-state index contributed by atoms with van der Waals surface area (Å²) in [5.74, 6) is -0.289. The molecule has 224 valence electrons. The van der Waals surface area contributed by atoms with Gasteiger partial charge in [-0.3, -0.25) is 19.2 Å². The van der Waals surface area contributed by atoms with E-state index in [2.05, 4.69) is 16.0 Å². The van der Waals surface area contributed by atoms with Crippen LogP contribution in [0.5, 0.6) is 5.75 Å². The summed E-state index contributed by atoms with van der Waals surface area (Å²) >= 11 is 0. The van der Waals surface area contributed by atoms with Gasteiger partial charge in [0.1, 0.15) is 5.75 Å². The zero-order chi connectivity index (χ0) is 30.2. The van der Waals surface area contributed by atoms with E-state index in [0.717, 1.165) is 44.1 Å². The first kappa shape index (κ1) is 29.8. The minimum Gasteiger partial charge on any atom is -0.482 e. The Hall–Kier alpha value is -4.70. The number of hydrogen-bond donors (Lipinski definition) is 4. The molecule has 3 aromatic carbocycles. The molecule has 10 heteroatoms. The zero-order valence-electron chi connectivity index (χ0n) is 23.9. The molecule has 0 bridgehead atoms. The molecule has 4 N–H and O–H groups in total. The summed E-state index contributed by atoms with van der Waals surface area (Å²) in [5, 5.41) is 17.3. The average Bonchev–Trinajstić information content (AvgIpc) is 3.87. The van der Waals surface area contributed by atoms with Crippen molar-refractivity contribution in [2.75, 3.05) is 30.4 Å². The fraction of sp³-hybridized carbons (Fsp3) is 0.333. The highest BCUT2D eigenvalue weighted by Crippen LogP contribution is 2.33. The predicted octanol–water partition coefficient (Wildman–Crippen LogP) is 4.36. The Morgan fingerprint density at radius 3 is 2.26 bits per heavy atom. The molecule has 10 nitrogen and oxygen atoms in total. The normalized spacial score (nSPS) is 13.7. The second-order valence-electron chi connectivity index (χ2n) is 10.8. The second-order valence-corrected chi connectivity index (χ2v) is 10.8. The van der Waals surface area contributed by atoms with Crippen molar-refractivity contribution in [2.45, 2.75) is 51.1 Å². The van der Waals surface area contributed by atoms with Crippen molar-refractivity contribution in [1.29, 1.82) is 0 Å². The standard InChI is InChI=1S/C33H36N4O6/c38-18-4-2-1-3-17-34-31(40)23-9-12-26(13-10-23)35-32(41)24-7-5-22(6-8-24)20-37(27-14-15-27)33(42)25-11-16-28-29(19-25)43-21-30(39)36-28/h5-13,16,19,27,38H,1-4,14-15,17-18,20-21H2,(H,34,40)(H,35,41)(H,36,39). The first-order valence-electron chi connectivity index (χ1n) is 14.7. The van der Waals surface area contributed by atoms with E-state index in [1.54, 1.807) is 54.6 Å². The zero-order valence-corrected chi connectivity index (χ0v) is 23.9. The number of rotatable bonds is 13. The topological polar surface area (TPSA) is 137 Å². The Balaban J connectivity index is 1.14. The lowest BCUT2D eigenvalue weighted by molar-refractivity contribution is -0.118. The largest absolute Gasteiger partial charge is 0.482 e.